The fourth-order valence-corrected chi connectivity index (χ4v) is 3.84. The maximum absolute atomic E-state index is 13.3. The van der Waals surface area contributed by atoms with Crippen molar-refractivity contribution in [1.29, 1.82) is 0 Å². The van der Waals surface area contributed by atoms with E-state index in [0.717, 1.165) is 37.1 Å². The van der Waals surface area contributed by atoms with Crippen molar-refractivity contribution >= 4 is 23.2 Å². The Bertz CT molecular complexity index is 1170. The normalized spacial score (nSPS) is 13.8. The molecule has 150 valence electrons. The molecule has 7 heteroatoms. The number of allylic oxidation sites excluding steroid dienone is 2. The zero-order valence-corrected chi connectivity index (χ0v) is 17.3. The summed E-state index contributed by atoms with van der Waals surface area (Å²) in [5, 5.41) is 0.561. The van der Waals surface area contributed by atoms with E-state index >= 15 is 0 Å². The summed E-state index contributed by atoms with van der Waals surface area (Å²) in [5.74, 6) is -0.124. The molecule has 1 aliphatic heterocycles. The lowest BCUT2D eigenvalue weighted by atomic mass is 10.1. The van der Waals surface area contributed by atoms with Gasteiger partial charge in [0.25, 0.3) is 11.5 Å². The number of nitrogens with zero attached hydrogens (tertiary/aromatic N) is 4. The van der Waals surface area contributed by atoms with E-state index in [2.05, 4.69) is 4.98 Å². The number of likely N-dealkylation sites (tertiary alicyclic amines) is 1. The molecule has 0 N–H and O–H groups in total. The van der Waals surface area contributed by atoms with Gasteiger partial charge in [-0.3, -0.25) is 18.6 Å². The molecule has 0 unspecified atom stereocenters. The van der Waals surface area contributed by atoms with Crippen LogP contribution < -0.4 is 5.56 Å². The smallest absolute Gasteiger partial charge is 0.295 e. The number of carbonyl (C=O) groups is 1. The van der Waals surface area contributed by atoms with E-state index in [1.54, 1.807) is 26.1 Å². The molecular weight excluding hydrogens is 388 g/mol. The molecule has 1 aromatic carbocycles. The van der Waals surface area contributed by atoms with Gasteiger partial charge in [0.05, 0.1) is 5.69 Å². The molecule has 1 saturated heterocycles. The molecule has 0 spiro atoms. The van der Waals surface area contributed by atoms with Gasteiger partial charge in [0.15, 0.2) is 0 Å². The zero-order valence-electron chi connectivity index (χ0n) is 16.6. The van der Waals surface area contributed by atoms with Crippen molar-refractivity contribution in [2.75, 3.05) is 13.1 Å². The summed E-state index contributed by atoms with van der Waals surface area (Å²) >= 11 is 6.42. The van der Waals surface area contributed by atoms with Crippen LogP contribution in [-0.4, -0.2) is 37.8 Å². The Hall–Kier alpha value is -2.86. The molecule has 0 bridgehead atoms. The second-order valence-electron chi connectivity index (χ2n) is 7.55. The van der Waals surface area contributed by atoms with Crippen molar-refractivity contribution in [3.05, 3.63) is 69.4 Å². The van der Waals surface area contributed by atoms with Gasteiger partial charge in [-0.15, -0.1) is 0 Å². The number of imidazole rings is 1. The van der Waals surface area contributed by atoms with Crippen LogP contribution in [0, 0.1) is 0 Å². The maximum atomic E-state index is 13.3. The first-order valence-corrected chi connectivity index (χ1v) is 10.1. The summed E-state index contributed by atoms with van der Waals surface area (Å²) in [6, 6.07) is 7.42. The van der Waals surface area contributed by atoms with Crippen LogP contribution in [0.2, 0.25) is 5.02 Å². The molecule has 0 aliphatic carbocycles. The Balaban J connectivity index is 1.90. The Morgan fingerprint density at radius 3 is 2.59 bits per heavy atom. The predicted molar refractivity (Wildman–Crippen MR) is 114 cm³/mol. The van der Waals surface area contributed by atoms with E-state index in [0.29, 0.717) is 23.0 Å². The van der Waals surface area contributed by atoms with Crippen LogP contribution >= 0.6 is 11.6 Å². The van der Waals surface area contributed by atoms with Gasteiger partial charge in [0, 0.05) is 42.6 Å². The third-order valence-electron chi connectivity index (χ3n) is 5.17. The maximum Gasteiger partial charge on any atom is 0.295 e. The van der Waals surface area contributed by atoms with Gasteiger partial charge in [0.1, 0.15) is 5.69 Å². The molecule has 0 saturated carbocycles. The number of carbonyl (C=O) groups excluding carboxylic acids is 1. The third-order valence-corrected chi connectivity index (χ3v) is 5.49. The largest absolute Gasteiger partial charge is 0.337 e. The summed E-state index contributed by atoms with van der Waals surface area (Å²) in [6.07, 6.45) is 7.46. The fourth-order valence-electron chi connectivity index (χ4n) is 3.61. The average Bonchev–Trinajstić information content (AvgIpc) is 3.37. The van der Waals surface area contributed by atoms with Crippen molar-refractivity contribution in [1.82, 2.24) is 18.9 Å². The van der Waals surface area contributed by atoms with Gasteiger partial charge in [-0.2, -0.15) is 0 Å². The van der Waals surface area contributed by atoms with Crippen LogP contribution in [0.5, 0.6) is 0 Å². The molecule has 6 nitrogen and oxygen atoms in total. The van der Waals surface area contributed by atoms with Crippen molar-refractivity contribution in [2.24, 2.45) is 0 Å². The average molecular weight is 411 g/mol. The number of fused-ring (bicyclic) bond motifs is 1. The summed E-state index contributed by atoms with van der Waals surface area (Å²) < 4.78 is 3.30. The first-order chi connectivity index (χ1) is 14.0. The van der Waals surface area contributed by atoms with E-state index in [1.807, 2.05) is 44.3 Å². The first-order valence-electron chi connectivity index (χ1n) is 9.76. The Morgan fingerprint density at radius 2 is 1.90 bits per heavy atom. The van der Waals surface area contributed by atoms with Crippen molar-refractivity contribution < 1.29 is 4.79 Å². The summed E-state index contributed by atoms with van der Waals surface area (Å²) in [6.45, 7) is 5.85. The predicted octanol–water partition coefficient (Wildman–Crippen LogP) is 4.02. The Morgan fingerprint density at radius 1 is 1.17 bits per heavy atom. The quantitative estimate of drug-likeness (QED) is 0.610. The summed E-state index contributed by atoms with van der Waals surface area (Å²) in [5.41, 5.74) is 2.84. The second kappa shape index (κ2) is 7.87. The van der Waals surface area contributed by atoms with Gasteiger partial charge in [-0.1, -0.05) is 41.4 Å². The van der Waals surface area contributed by atoms with Crippen LogP contribution in [0.4, 0.5) is 0 Å². The van der Waals surface area contributed by atoms with E-state index in [-0.39, 0.29) is 17.1 Å². The molecule has 1 fully saturated rings. The zero-order chi connectivity index (χ0) is 20.5. The van der Waals surface area contributed by atoms with E-state index in [9.17, 15) is 9.59 Å². The highest BCUT2D eigenvalue weighted by atomic mass is 35.5. The summed E-state index contributed by atoms with van der Waals surface area (Å²) in [4.78, 5) is 32.2. The van der Waals surface area contributed by atoms with Crippen LogP contribution in [0.3, 0.4) is 0 Å². The molecule has 4 rings (SSSR count). The lowest BCUT2D eigenvalue weighted by molar-refractivity contribution is 0.0787. The molecule has 0 atom stereocenters. The molecule has 29 heavy (non-hydrogen) atoms. The number of rotatable bonds is 4. The van der Waals surface area contributed by atoms with Crippen molar-refractivity contribution in [3.63, 3.8) is 0 Å². The SMILES string of the molecule is CC(C)=CCn1c(-c2ccccc2Cl)cn2cc(C(=O)N3CCCC3)nc2c1=O. The lowest BCUT2D eigenvalue weighted by Crippen LogP contribution is -2.28. The number of hydrogen-bond donors (Lipinski definition) is 0. The number of aromatic nitrogens is 3. The standard InChI is InChI=1S/C22H23ClN4O2/c1-15(2)9-12-27-19(16-7-3-4-8-17(16)23)14-26-13-18(24-20(26)22(27)29)21(28)25-10-5-6-11-25/h3-4,7-9,13-14H,5-6,10-12H2,1-2H3. The highest BCUT2D eigenvalue weighted by Crippen LogP contribution is 2.27. The molecule has 3 aromatic rings. The monoisotopic (exact) mass is 410 g/mol. The number of halogens is 1. The number of hydrogen-bond acceptors (Lipinski definition) is 3. The van der Waals surface area contributed by atoms with Gasteiger partial charge < -0.3 is 4.90 Å². The van der Waals surface area contributed by atoms with Crippen LogP contribution in [0.25, 0.3) is 16.9 Å². The minimum atomic E-state index is -0.250. The molecule has 3 heterocycles. The van der Waals surface area contributed by atoms with Crippen LogP contribution in [0.15, 0.2) is 53.1 Å². The minimum absolute atomic E-state index is 0.124. The van der Waals surface area contributed by atoms with Gasteiger partial charge >= 0.3 is 0 Å². The Labute approximate surface area is 174 Å². The Kier molecular flexibility index (Phi) is 5.28. The topological polar surface area (TPSA) is 59.6 Å². The van der Waals surface area contributed by atoms with Gasteiger partial charge in [-0.05, 0) is 32.8 Å². The molecule has 0 radical (unpaired) electrons. The highest BCUT2D eigenvalue weighted by Gasteiger charge is 2.23. The molecule has 1 amide bonds. The van der Waals surface area contributed by atoms with E-state index in [4.69, 9.17) is 11.6 Å². The van der Waals surface area contributed by atoms with Gasteiger partial charge in [0.2, 0.25) is 5.65 Å². The minimum Gasteiger partial charge on any atom is -0.337 e. The van der Waals surface area contributed by atoms with E-state index in [1.165, 1.54) is 0 Å². The first kappa shape index (κ1) is 19.5. The molecule has 2 aromatic heterocycles. The lowest BCUT2D eigenvalue weighted by Gasteiger charge is -2.13. The van der Waals surface area contributed by atoms with Crippen molar-refractivity contribution in [2.45, 2.75) is 33.2 Å². The van der Waals surface area contributed by atoms with Crippen LogP contribution in [-0.2, 0) is 6.54 Å². The fraction of sp³-hybridized carbons (Fsp3) is 0.318. The highest BCUT2D eigenvalue weighted by molar-refractivity contribution is 6.33. The third kappa shape index (κ3) is 3.72. The van der Waals surface area contributed by atoms with Crippen LogP contribution in [0.1, 0.15) is 37.2 Å². The molecule has 1 aliphatic rings. The number of benzene rings is 1. The van der Waals surface area contributed by atoms with E-state index < -0.39 is 0 Å². The molecular formula is C22H23ClN4O2. The summed E-state index contributed by atoms with van der Waals surface area (Å²) in [7, 11) is 0. The van der Waals surface area contributed by atoms with Gasteiger partial charge in [-0.25, -0.2) is 4.98 Å². The second-order valence-corrected chi connectivity index (χ2v) is 7.95. The number of amides is 1. The van der Waals surface area contributed by atoms with Crippen molar-refractivity contribution in [3.8, 4) is 11.3 Å².